The van der Waals surface area contributed by atoms with E-state index >= 15 is 0 Å². The van der Waals surface area contributed by atoms with Crippen molar-refractivity contribution in [1.82, 2.24) is 0 Å². The number of rotatable bonds is 6. The van der Waals surface area contributed by atoms with E-state index in [4.69, 9.17) is 11.6 Å². The van der Waals surface area contributed by atoms with Gasteiger partial charge in [0.25, 0.3) is 0 Å². The van der Waals surface area contributed by atoms with Gasteiger partial charge in [0.15, 0.2) is 0 Å². The first kappa shape index (κ1) is 21.9. The lowest BCUT2D eigenvalue weighted by molar-refractivity contribution is -0.114. The molecule has 0 bridgehead atoms. The van der Waals surface area contributed by atoms with Gasteiger partial charge in [0.2, 0.25) is 15.7 Å². The van der Waals surface area contributed by atoms with Crippen molar-refractivity contribution < 1.29 is 13.2 Å². The second-order valence-electron chi connectivity index (χ2n) is 7.12. The summed E-state index contributed by atoms with van der Waals surface area (Å²) in [5, 5.41) is 6.41. The van der Waals surface area contributed by atoms with Crippen molar-refractivity contribution in [3.05, 3.63) is 82.4 Å². The van der Waals surface area contributed by atoms with Crippen LogP contribution in [0.1, 0.15) is 16.7 Å². The van der Waals surface area contributed by atoms with Crippen molar-refractivity contribution in [3.63, 3.8) is 0 Å². The number of halogens is 1. The van der Waals surface area contributed by atoms with Crippen molar-refractivity contribution in [2.45, 2.75) is 30.6 Å². The smallest absolute Gasteiger partial charge is 0.243 e. The number of carbonyl (C=O) groups is 1. The second-order valence-corrected chi connectivity index (χ2v) is 9.44. The van der Waals surface area contributed by atoms with Crippen LogP contribution in [0.15, 0.2) is 70.5 Å². The molecule has 0 atom stereocenters. The quantitative estimate of drug-likeness (QED) is 0.553. The fourth-order valence-electron chi connectivity index (χ4n) is 3.07. The van der Waals surface area contributed by atoms with Crippen LogP contribution in [0.25, 0.3) is 0 Å². The van der Waals surface area contributed by atoms with E-state index in [1.165, 1.54) is 0 Å². The van der Waals surface area contributed by atoms with E-state index in [0.29, 0.717) is 22.0 Å². The summed E-state index contributed by atoms with van der Waals surface area (Å²) in [6.07, 6.45) is 0. The molecule has 30 heavy (non-hydrogen) atoms. The molecular formula is C23H23ClN2O3S. The minimum Gasteiger partial charge on any atom is -0.376 e. The van der Waals surface area contributed by atoms with Crippen molar-refractivity contribution in [2.24, 2.45) is 0 Å². The molecule has 0 aliphatic heterocycles. The Bertz CT molecular complexity index is 1190. The molecule has 7 heteroatoms. The van der Waals surface area contributed by atoms with Gasteiger partial charge in [-0.1, -0.05) is 35.9 Å². The Labute approximate surface area is 182 Å². The van der Waals surface area contributed by atoms with Crippen LogP contribution in [0.3, 0.4) is 0 Å². The van der Waals surface area contributed by atoms with Crippen molar-refractivity contribution in [2.75, 3.05) is 17.2 Å². The molecule has 156 valence electrons. The molecule has 3 rings (SSSR count). The van der Waals surface area contributed by atoms with E-state index < -0.39 is 9.84 Å². The molecule has 0 heterocycles. The van der Waals surface area contributed by atoms with Gasteiger partial charge in [0, 0.05) is 16.4 Å². The van der Waals surface area contributed by atoms with E-state index in [1.54, 1.807) is 55.5 Å². The van der Waals surface area contributed by atoms with Crippen LogP contribution in [0.4, 0.5) is 11.4 Å². The summed E-state index contributed by atoms with van der Waals surface area (Å²) in [5.41, 5.74) is 3.47. The molecule has 2 N–H and O–H groups in total. The minimum absolute atomic E-state index is 0.0133. The molecule has 3 aromatic rings. The highest BCUT2D eigenvalue weighted by molar-refractivity contribution is 7.91. The Morgan fingerprint density at radius 2 is 1.67 bits per heavy atom. The summed E-state index contributed by atoms with van der Waals surface area (Å²) in [7, 11) is -3.67. The fraction of sp³-hybridized carbons (Fsp3) is 0.174. The summed E-state index contributed by atoms with van der Waals surface area (Å²) in [6.45, 7) is 5.43. The van der Waals surface area contributed by atoms with Gasteiger partial charge in [0.1, 0.15) is 0 Å². The fourth-order valence-corrected chi connectivity index (χ4v) is 4.87. The van der Waals surface area contributed by atoms with Gasteiger partial charge in [-0.3, -0.25) is 4.79 Å². The van der Waals surface area contributed by atoms with Gasteiger partial charge >= 0.3 is 0 Å². The Morgan fingerprint density at radius 1 is 0.967 bits per heavy atom. The van der Waals surface area contributed by atoms with E-state index in [9.17, 15) is 13.2 Å². The van der Waals surface area contributed by atoms with Crippen LogP contribution in [0, 0.1) is 20.8 Å². The predicted octanol–water partition coefficient (Wildman–Crippen LogP) is 5.15. The monoisotopic (exact) mass is 442 g/mol. The molecule has 0 saturated heterocycles. The third kappa shape index (κ3) is 4.83. The molecule has 0 aliphatic rings. The molecule has 5 nitrogen and oxygen atoms in total. The van der Waals surface area contributed by atoms with Crippen molar-refractivity contribution in [3.8, 4) is 0 Å². The maximum absolute atomic E-state index is 13.1. The number of amides is 1. The average molecular weight is 443 g/mol. The van der Waals surface area contributed by atoms with Gasteiger partial charge < -0.3 is 10.6 Å². The van der Waals surface area contributed by atoms with Crippen LogP contribution in [-0.2, 0) is 14.6 Å². The molecule has 0 fully saturated rings. The summed E-state index contributed by atoms with van der Waals surface area (Å²) in [5.74, 6) is -0.261. The zero-order chi connectivity index (χ0) is 21.9. The average Bonchev–Trinajstić information content (AvgIpc) is 2.71. The van der Waals surface area contributed by atoms with Gasteiger partial charge in [-0.05, 0) is 73.9 Å². The van der Waals surface area contributed by atoms with Crippen molar-refractivity contribution in [1.29, 1.82) is 0 Å². The van der Waals surface area contributed by atoms with E-state index in [2.05, 4.69) is 10.6 Å². The van der Waals surface area contributed by atoms with Crippen molar-refractivity contribution >= 4 is 38.7 Å². The third-order valence-corrected chi connectivity index (χ3v) is 7.05. The first-order valence-electron chi connectivity index (χ1n) is 9.40. The molecule has 3 aromatic carbocycles. The van der Waals surface area contributed by atoms with Crippen LogP contribution < -0.4 is 10.6 Å². The number of carbonyl (C=O) groups excluding carboxylic acids is 1. The molecule has 1 amide bonds. The van der Waals surface area contributed by atoms with Gasteiger partial charge in [-0.2, -0.15) is 0 Å². The summed E-state index contributed by atoms with van der Waals surface area (Å²) in [4.78, 5) is 12.8. The molecule has 0 spiro atoms. The number of benzene rings is 3. The largest absolute Gasteiger partial charge is 0.376 e. The standard InChI is InChI=1S/C23H23ClN2O3S/c1-15-11-21(25-14-23(27)26-18-10-9-16(2)20(24)13-18)17(3)22(12-15)30(28,29)19-7-5-4-6-8-19/h4-13,25H,14H2,1-3H3,(H,26,27). The van der Waals surface area contributed by atoms with Crippen LogP contribution >= 0.6 is 11.6 Å². The zero-order valence-corrected chi connectivity index (χ0v) is 18.6. The number of hydrogen-bond donors (Lipinski definition) is 2. The third-order valence-electron chi connectivity index (χ3n) is 4.74. The Balaban J connectivity index is 1.80. The number of sulfone groups is 1. The minimum atomic E-state index is -3.67. The Morgan fingerprint density at radius 3 is 2.33 bits per heavy atom. The summed E-state index contributed by atoms with van der Waals surface area (Å²) < 4.78 is 26.2. The van der Waals surface area contributed by atoms with Gasteiger partial charge in [0.05, 0.1) is 16.3 Å². The van der Waals surface area contributed by atoms with Gasteiger partial charge in [-0.15, -0.1) is 0 Å². The maximum atomic E-state index is 13.1. The SMILES string of the molecule is Cc1cc(NCC(=O)Nc2ccc(C)c(Cl)c2)c(C)c(S(=O)(=O)c2ccccc2)c1. The topological polar surface area (TPSA) is 75.3 Å². The predicted molar refractivity (Wildman–Crippen MR) is 121 cm³/mol. The number of nitrogens with one attached hydrogen (secondary N) is 2. The molecular weight excluding hydrogens is 420 g/mol. The molecule has 0 aliphatic carbocycles. The lowest BCUT2D eigenvalue weighted by Crippen LogP contribution is -2.22. The summed E-state index contributed by atoms with van der Waals surface area (Å²) >= 11 is 6.10. The number of aryl methyl sites for hydroxylation is 2. The Kier molecular flexibility index (Phi) is 6.48. The molecule has 0 saturated carbocycles. The van der Waals surface area contributed by atoms with Gasteiger partial charge in [-0.25, -0.2) is 8.42 Å². The second kappa shape index (κ2) is 8.90. The summed E-state index contributed by atoms with van der Waals surface area (Å²) in [6, 6.07) is 17.1. The zero-order valence-electron chi connectivity index (χ0n) is 17.0. The van der Waals surface area contributed by atoms with Crippen LogP contribution in [0.2, 0.25) is 5.02 Å². The highest BCUT2D eigenvalue weighted by Crippen LogP contribution is 2.30. The lowest BCUT2D eigenvalue weighted by atomic mass is 10.1. The first-order valence-corrected chi connectivity index (χ1v) is 11.3. The normalized spacial score (nSPS) is 11.2. The Hall–Kier alpha value is -2.83. The molecule has 0 unspecified atom stereocenters. The van der Waals surface area contributed by atoms with Crippen LogP contribution in [-0.4, -0.2) is 20.9 Å². The highest BCUT2D eigenvalue weighted by atomic mass is 35.5. The molecule has 0 radical (unpaired) electrons. The maximum Gasteiger partial charge on any atom is 0.243 e. The number of anilines is 2. The molecule has 0 aromatic heterocycles. The van der Waals surface area contributed by atoms with E-state index in [-0.39, 0.29) is 22.2 Å². The van der Waals surface area contributed by atoms with Crippen LogP contribution in [0.5, 0.6) is 0 Å². The highest BCUT2D eigenvalue weighted by Gasteiger charge is 2.22. The first-order chi connectivity index (χ1) is 14.2. The van der Waals surface area contributed by atoms with E-state index in [0.717, 1.165) is 11.1 Å². The number of hydrogen-bond acceptors (Lipinski definition) is 4. The lowest BCUT2D eigenvalue weighted by Gasteiger charge is -2.15. The van der Waals surface area contributed by atoms with E-state index in [1.807, 2.05) is 26.0 Å².